The molecule has 1 heterocycles. The molecule has 0 aliphatic heterocycles. The van der Waals surface area contributed by atoms with E-state index in [-0.39, 0.29) is 16.9 Å². The average molecular weight is 280 g/mol. The molecule has 20 heavy (non-hydrogen) atoms. The third-order valence-electron chi connectivity index (χ3n) is 3.31. The molecule has 6 nitrogen and oxygen atoms in total. The average Bonchev–Trinajstić information content (AvgIpc) is 2.37. The van der Waals surface area contributed by atoms with Crippen molar-refractivity contribution in [1.29, 1.82) is 0 Å². The number of nitrogens with one attached hydrogen (secondary N) is 2. The fraction of sp³-hybridized carbons (Fsp3) is 0.500. The van der Waals surface area contributed by atoms with E-state index >= 15 is 0 Å². The van der Waals surface area contributed by atoms with Gasteiger partial charge in [-0.2, -0.15) is 0 Å². The molecule has 0 spiro atoms. The monoisotopic (exact) mass is 280 g/mol. The molecular formula is C14H20N2O4. The predicted molar refractivity (Wildman–Crippen MR) is 75.8 cm³/mol. The van der Waals surface area contributed by atoms with Crippen molar-refractivity contribution >= 4 is 18.2 Å². The molecule has 1 aromatic rings. The van der Waals surface area contributed by atoms with Gasteiger partial charge >= 0.3 is 5.63 Å². The number of anilines is 1. The van der Waals surface area contributed by atoms with Crippen molar-refractivity contribution in [2.24, 2.45) is 5.41 Å². The molecular weight excluding hydrogens is 260 g/mol. The van der Waals surface area contributed by atoms with E-state index in [4.69, 9.17) is 4.42 Å². The molecule has 2 amide bonds. The molecule has 0 aliphatic rings. The standard InChI is InChI=1S/C14H20N2O4/c1-5-14(2,3)7-9-6-10(18)20-13(16-8-17)11(9)12(19)15-4/h6,8H,5,7H2,1-4H3,(H,15,19)(H,16,17). The first kappa shape index (κ1) is 15.9. The van der Waals surface area contributed by atoms with Gasteiger partial charge in [-0.15, -0.1) is 0 Å². The normalized spacial score (nSPS) is 11.0. The number of amides is 2. The number of rotatable bonds is 6. The minimum atomic E-state index is -0.594. The quantitative estimate of drug-likeness (QED) is 0.774. The van der Waals surface area contributed by atoms with E-state index in [0.29, 0.717) is 18.4 Å². The summed E-state index contributed by atoms with van der Waals surface area (Å²) in [7, 11) is 1.48. The molecule has 6 heteroatoms. The van der Waals surface area contributed by atoms with E-state index in [2.05, 4.69) is 10.6 Å². The molecule has 0 atom stereocenters. The second-order valence-corrected chi connectivity index (χ2v) is 5.33. The highest BCUT2D eigenvalue weighted by molar-refractivity contribution is 6.01. The molecule has 0 aromatic carbocycles. The summed E-state index contributed by atoms with van der Waals surface area (Å²) in [5.74, 6) is -0.520. The zero-order chi connectivity index (χ0) is 15.3. The van der Waals surface area contributed by atoms with Crippen LogP contribution >= 0.6 is 0 Å². The van der Waals surface area contributed by atoms with Crippen LogP contribution in [-0.4, -0.2) is 19.4 Å². The fourth-order valence-corrected chi connectivity index (χ4v) is 1.85. The zero-order valence-corrected chi connectivity index (χ0v) is 12.2. The van der Waals surface area contributed by atoms with Gasteiger partial charge in [-0.05, 0) is 17.4 Å². The van der Waals surface area contributed by atoms with Crippen LogP contribution in [0.4, 0.5) is 5.88 Å². The maximum Gasteiger partial charge on any atom is 0.337 e. The summed E-state index contributed by atoms with van der Waals surface area (Å²) in [5, 5.41) is 4.76. The van der Waals surface area contributed by atoms with Gasteiger partial charge in [0.05, 0.1) is 0 Å². The first-order chi connectivity index (χ1) is 9.34. The van der Waals surface area contributed by atoms with Crippen LogP contribution in [0.2, 0.25) is 0 Å². The lowest BCUT2D eigenvalue weighted by molar-refractivity contribution is -0.105. The van der Waals surface area contributed by atoms with Gasteiger partial charge in [0, 0.05) is 13.1 Å². The molecule has 0 fully saturated rings. The Morgan fingerprint density at radius 2 is 2.10 bits per heavy atom. The maximum absolute atomic E-state index is 12.0. The summed E-state index contributed by atoms with van der Waals surface area (Å²) in [6.07, 6.45) is 1.79. The van der Waals surface area contributed by atoms with Crippen LogP contribution in [-0.2, 0) is 11.2 Å². The molecule has 110 valence electrons. The highest BCUT2D eigenvalue weighted by Gasteiger charge is 2.24. The summed E-state index contributed by atoms with van der Waals surface area (Å²) in [6, 6.07) is 1.30. The summed E-state index contributed by atoms with van der Waals surface area (Å²) >= 11 is 0. The van der Waals surface area contributed by atoms with Crippen molar-refractivity contribution in [3.63, 3.8) is 0 Å². The third-order valence-corrected chi connectivity index (χ3v) is 3.31. The summed E-state index contributed by atoms with van der Waals surface area (Å²) in [5.41, 5.74) is 0.0936. The molecule has 1 rings (SSSR count). The van der Waals surface area contributed by atoms with Crippen LogP contribution in [0.1, 0.15) is 43.1 Å². The van der Waals surface area contributed by atoms with Crippen LogP contribution in [0, 0.1) is 5.41 Å². The van der Waals surface area contributed by atoms with Gasteiger partial charge in [-0.25, -0.2) is 4.79 Å². The Morgan fingerprint density at radius 3 is 2.60 bits per heavy atom. The molecule has 0 radical (unpaired) electrons. The second kappa shape index (κ2) is 6.36. The summed E-state index contributed by atoms with van der Waals surface area (Å²) in [4.78, 5) is 34.2. The van der Waals surface area contributed by atoms with Gasteiger partial charge in [-0.3, -0.25) is 14.9 Å². The van der Waals surface area contributed by atoms with Crippen molar-refractivity contribution < 1.29 is 14.0 Å². The van der Waals surface area contributed by atoms with E-state index < -0.39 is 11.5 Å². The topological polar surface area (TPSA) is 88.4 Å². The zero-order valence-electron chi connectivity index (χ0n) is 12.2. The van der Waals surface area contributed by atoms with Crippen molar-refractivity contribution in [2.45, 2.75) is 33.6 Å². The number of carbonyl (C=O) groups is 2. The first-order valence-electron chi connectivity index (χ1n) is 6.44. The van der Waals surface area contributed by atoms with E-state index in [1.807, 2.05) is 20.8 Å². The smallest absolute Gasteiger partial charge is 0.337 e. The number of carbonyl (C=O) groups excluding carboxylic acids is 2. The number of hydrogen-bond donors (Lipinski definition) is 2. The van der Waals surface area contributed by atoms with Crippen molar-refractivity contribution in [3.05, 3.63) is 27.6 Å². The molecule has 0 unspecified atom stereocenters. The van der Waals surface area contributed by atoms with Crippen LogP contribution in [0.25, 0.3) is 0 Å². The van der Waals surface area contributed by atoms with Gasteiger partial charge in [-0.1, -0.05) is 27.2 Å². The van der Waals surface area contributed by atoms with Crippen molar-refractivity contribution in [2.75, 3.05) is 12.4 Å². The van der Waals surface area contributed by atoms with Crippen molar-refractivity contribution in [1.82, 2.24) is 5.32 Å². The second-order valence-electron chi connectivity index (χ2n) is 5.33. The Kier molecular flexibility index (Phi) is 5.07. The largest absolute Gasteiger partial charge is 0.405 e. The highest BCUT2D eigenvalue weighted by Crippen LogP contribution is 2.28. The Labute approximate surface area is 117 Å². The SMILES string of the molecule is CCC(C)(C)Cc1cc(=O)oc(NC=O)c1C(=O)NC. The minimum absolute atomic E-state index is 0.0744. The van der Waals surface area contributed by atoms with E-state index in [9.17, 15) is 14.4 Å². The molecule has 2 N–H and O–H groups in total. The van der Waals surface area contributed by atoms with Gasteiger partial charge < -0.3 is 9.73 Å². The highest BCUT2D eigenvalue weighted by atomic mass is 16.4. The van der Waals surface area contributed by atoms with Crippen LogP contribution in [0.5, 0.6) is 0 Å². The van der Waals surface area contributed by atoms with Crippen molar-refractivity contribution in [3.8, 4) is 0 Å². The van der Waals surface area contributed by atoms with Crippen LogP contribution in [0.3, 0.4) is 0 Å². The van der Waals surface area contributed by atoms with E-state index in [1.165, 1.54) is 13.1 Å². The minimum Gasteiger partial charge on any atom is -0.405 e. The maximum atomic E-state index is 12.0. The molecule has 0 bridgehead atoms. The summed E-state index contributed by atoms with van der Waals surface area (Å²) < 4.78 is 4.90. The lowest BCUT2D eigenvalue weighted by Gasteiger charge is -2.23. The fourth-order valence-electron chi connectivity index (χ4n) is 1.85. The van der Waals surface area contributed by atoms with Crippen LogP contribution in [0.15, 0.2) is 15.3 Å². The lowest BCUT2D eigenvalue weighted by atomic mass is 9.82. The van der Waals surface area contributed by atoms with Gasteiger partial charge in [0.1, 0.15) is 5.56 Å². The summed E-state index contributed by atoms with van der Waals surface area (Å²) in [6.45, 7) is 6.12. The van der Waals surface area contributed by atoms with E-state index in [1.54, 1.807) is 0 Å². The Bertz CT molecular complexity index is 561. The Hall–Kier alpha value is -2.11. The molecule has 1 aromatic heterocycles. The third kappa shape index (κ3) is 3.69. The molecule has 0 saturated heterocycles. The van der Waals surface area contributed by atoms with Gasteiger partial charge in [0.25, 0.3) is 5.91 Å². The van der Waals surface area contributed by atoms with Gasteiger partial charge in [0.15, 0.2) is 0 Å². The Morgan fingerprint density at radius 1 is 1.45 bits per heavy atom. The van der Waals surface area contributed by atoms with E-state index in [0.717, 1.165) is 6.42 Å². The van der Waals surface area contributed by atoms with Gasteiger partial charge in [0.2, 0.25) is 12.3 Å². The molecule has 0 saturated carbocycles. The predicted octanol–water partition coefficient (Wildman–Crippen LogP) is 1.55. The molecule has 0 aliphatic carbocycles. The lowest BCUT2D eigenvalue weighted by Crippen LogP contribution is -2.25. The Balaban J connectivity index is 3.43. The van der Waals surface area contributed by atoms with Crippen LogP contribution < -0.4 is 16.3 Å². The first-order valence-corrected chi connectivity index (χ1v) is 6.44. The number of hydrogen-bond acceptors (Lipinski definition) is 4.